The van der Waals surface area contributed by atoms with Crippen LogP contribution in [0.3, 0.4) is 0 Å². The number of aromatic nitrogens is 1. The molecule has 1 unspecified atom stereocenters. The number of pyridine rings is 1. The van der Waals surface area contributed by atoms with Crippen LogP contribution in [-0.2, 0) is 0 Å². The van der Waals surface area contributed by atoms with E-state index in [1.807, 2.05) is 19.1 Å². The van der Waals surface area contributed by atoms with E-state index in [2.05, 4.69) is 14.8 Å². The monoisotopic (exact) mass is 259 g/mol. The summed E-state index contributed by atoms with van der Waals surface area (Å²) >= 11 is 0. The standard InChI is InChI=1S/C14H21N5/c1-10-4-5-12(13(15)16)14(17-10)19-8-7-18-6-2-3-11(18)9-19/h4-5,11H,2-3,6-9H2,1H3,(H3,15,16). The average molecular weight is 259 g/mol. The molecule has 0 saturated carbocycles. The van der Waals surface area contributed by atoms with Crippen LogP contribution in [0.2, 0.25) is 0 Å². The van der Waals surface area contributed by atoms with Gasteiger partial charge in [0, 0.05) is 31.4 Å². The van der Waals surface area contributed by atoms with E-state index in [1.54, 1.807) is 0 Å². The van der Waals surface area contributed by atoms with Crippen molar-refractivity contribution in [1.82, 2.24) is 9.88 Å². The van der Waals surface area contributed by atoms with Gasteiger partial charge in [0.2, 0.25) is 0 Å². The highest BCUT2D eigenvalue weighted by Crippen LogP contribution is 2.26. The normalized spacial score (nSPS) is 23.4. The molecule has 2 fully saturated rings. The fourth-order valence-corrected chi connectivity index (χ4v) is 3.18. The van der Waals surface area contributed by atoms with E-state index in [0.717, 1.165) is 36.7 Å². The molecule has 1 aromatic rings. The summed E-state index contributed by atoms with van der Waals surface area (Å²) in [6.07, 6.45) is 2.58. The molecule has 0 spiro atoms. The summed E-state index contributed by atoms with van der Waals surface area (Å²) in [6, 6.07) is 4.49. The number of hydrogen-bond acceptors (Lipinski definition) is 4. The smallest absolute Gasteiger partial charge is 0.139 e. The van der Waals surface area contributed by atoms with Crippen LogP contribution >= 0.6 is 0 Å². The van der Waals surface area contributed by atoms with Gasteiger partial charge in [0.05, 0.1) is 5.56 Å². The molecule has 0 radical (unpaired) electrons. The van der Waals surface area contributed by atoms with E-state index in [9.17, 15) is 0 Å². The Bertz CT molecular complexity index is 499. The summed E-state index contributed by atoms with van der Waals surface area (Å²) < 4.78 is 0. The van der Waals surface area contributed by atoms with Crippen LogP contribution in [0.4, 0.5) is 5.82 Å². The maximum absolute atomic E-state index is 7.71. The Morgan fingerprint density at radius 2 is 2.21 bits per heavy atom. The highest BCUT2D eigenvalue weighted by Gasteiger charge is 2.31. The maximum atomic E-state index is 7.71. The van der Waals surface area contributed by atoms with E-state index < -0.39 is 0 Å². The predicted octanol–water partition coefficient (Wildman–Crippen LogP) is 0.958. The molecule has 3 rings (SSSR count). The van der Waals surface area contributed by atoms with Crippen molar-refractivity contribution in [3.05, 3.63) is 23.4 Å². The van der Waals surface area contributed by atoms with Crippen molar-refractivity contribution in [2.75, 3.05) is 31.1 Å². The van der Waals surface area contributed by atoms with Crippen molar-refractivity contribution < 1.29 is 0 Å². The predicted molar refractivity (Wildman–Crippen MR) is 76.8 cm³/mol. The summed E-state index contributed by atoms with van der Waals surface area (Å²) in [4.78, 5) is 9.49. The number of nitrogen functional groups attached to an aromatic ring is 1. The molecular formula is C14H21N5. The second-order valence-electron chi connectivity index (χ2n) is 5.52. The third-order valence-corrected chi connectivity index (χ3v) is 4.19. The summed E-state index contributed by atoms with van der Waals surface area (Å²) in [5, 5.41) is 7.71. The lowest BCUT2D eigenvalue weighted by Crippen LogP contribution is -2.50. The first kappa shape index (κ1) is 12.4. The first-order valence-corrected chi connectivity index (χ1v) is 6.96. The van der Waals surface area contributed by atoms with E-state index in [1.165, 1.54) is 19.4 Å². The van der Waals surface area contributed by atoms with E-state index in [0.29, 0.717) is 6.04 Å². The number of aryl methyl sites for hydroxylation is 1. The molecule has 2 saturated heterocycles. The zero-order chi connectivity index (χ0) is 13.4. The lowest BCUT2D eigenvalue weighted by Gasteiger charge is -2.38. The number of nitrogens with two attached hydrogens (primary N) is 1. The lowest BCUT2D eigenvalue weighted by molar-refractivity contribution is 0.230. The fourth-order valence-electron chi connectivity index (χ4n) is 3.18. The molecule has 1 aromatic heterocycles. The van der Waals surface area contributed by atoms with Gasteiger partial charge < -0.3 is 10.6 Å². The number of fused-ring (bicyclic) bond motifs is 1. The number of hydrogen-bond donors (Lipinski definition) is 2. The number of nitrogens with one attached hydrogen (secondary N) is 1. The second kappa shape index (κ2) is 4.81. The molecule has 0 aromatic carbocycles. The highest BCUT2D eigenvalue weighted by atomic mass is 15.3. The highest BCUT2D eigenvalue weighted by molar-refractivity contribution is 5.99. The summed E-state index contributed by atoms with van der Waals surface area (Å²) in [5.41, 5.74) is 7.43. The first-order valence-electron chi connectivity index (χ1n) is 6.96. The minimum atomic E-state index is 0.108. The van der Waals surface area contributed by atoms with E-state index in [4.69, 9.17) is 11.1 Å². The van der Waals surface area contributed by atoms with Crippen molar-refractivity contribution in [1.29, 1.82) is 5.41 Å². The number of nitrogens with zero attached hydrogens (tertiary/aromatic N) is 3. The molecular weight excluding hydrogens is 238 g/mol. The lowest BCUT2D eigenvalue weighted by atomic mass is 10.1. The third-order valence-electron chi connectivity index (χ3n) is 4.19. The van der Waals surface area contributed by atoms with Gasteiger partial charge in [-0.15, -0.1) is 0 Å². The first-order chi connectivity index (χ1) is 9.15. The Hall–Kier alpha value is -1.62. The maximum Gasteiger partial charge on any atom is 0.139 e. The minimum absolute atomic E-state index is 0.108. The van der Waals surface area contributed by atoms with Crippen LogP contribution in [0.25, 0.3) is 0 Å². The zero-order valence-electron chi connectivity index (χ0n) is 11.4. The molecule has 2 aliphatic rings. The van der Waals surface area contributed by atoms with Crippen molar-refractivity contribution >= 4 is 11.7 Å². The fraction of sp³-hybridized carbons (Fsp3) is 0.571. The minimum Gasteiger partial charge on any atom is -0.384 e. The van der Waals surface area contributed by atoms with Gasteiger partial charge in [0.25, 0.3) is 0 Å². The molecule has 19 heavy (non-hydrogen) atoms. The van der Waals surface area contributed by atoms with E-state index in [-0.39, 0.29) is 5.84 Å². The van der Waals surface area contributed by atoms with Gasteiger partial charge in [-0.3, -0.25) is 10.3 Å². The van der Waals surface area contributed by atoms with Gasteiger partial charge in [0.1, 0.15) is 11.7 Å². The molecule has 3 N–H and O–H groups in total. The summed E-state index contributed by atoms with van der Waals surface area (Å²) in [6.45, 7) is 6.31. The molecule has 1 atom stereocenters. The van der Waals surface area contributed by atoms with Crippen molar-refractivity contribution in [2.24, 2.45) is 5.73 Å². The Labute approximate surface area is 113 Å². The molecule has 0 bridgehead atoms. The molecule has 3 heterocycles. The van der Waals surface area contributed by atoms with Crippen LogP contribution in [0.1, 0.15) is 24.1 Å². The van der Waals surface area contributed by atoms with Gasteiger partial charge >= 0.3 is 0 Å². The largest absolute Gasteiger partial charge is 0.384 e. The topological polar surface area (TPSA) is 69.2 Å². The van der Waals surface area contributed by atoms with Gasteiger partial charge in [0.15, 0.2) is 0 Å². The van der Waals surface area contributed by atoms with Gasteiger partial charge in [-0.25, -0.2) is 4.98 Å². The Balaban J connectivity index is 1.89. The van der Waals surface area contributed by atoms with E-state index >= 15 is 0 Å². The molecule has 5 heteroatoms. The van der Waals surface area contributed by atoms with Crippen molar-refractivity contribution in [2.45, 2.75) is 25.8 Å². The SMILES string of the molecule is Cc1ccc(C(=N)N)c(N2CCN3CCCC3C2)n1. The van der Waals surface area contributed by atoms with Crippen molar-refractivity contribution in [3.63, 3.8) is 0 Å². The van der Waals surface area contributed by atoms with Gasteiger partial charge in [-0.1, -0.05) is 0 Å². The Morgan fingerprint density at radius 1 is 1.37 bits per heavy atom. The second-order valence-corrected chi connectivity index (χ2v) is 5.52. The quantitative estimate of drug-likeness (QED) is 0.613. The molecule has 0 amide bonds. The zero-order valence-corrected chi connectivity index (χ0v) is 11.4. The Morgan fingerprint density at radius 3 is 3.00 bits per heavy atom. The summed E-state index contributed by atoms with van der Waals surface area (Å²) in [7, 11) is 0. The number of rotatable bonds is 2. The van der Waals surface area contributed by atoms with Gasteiger partial charge in [-0.05, 0) is 38.4 Å². The van der Waals surface area contributed by atoms with Gasteiger partial charge in [-0.2, -0.15) is 0 Å². The van der Waals surface area contributed by atoms with Crippen LogP contribution in [-0.4, -0.2) is 47.9 Å². The van der Waals surface area contributed by atoms with Crippen LogP contribution < -0.4 is 10.6 Å². The average Bonchev–Trinajstić information content (AvgIpc) is 2.85. The summed E-state index contributed by atoms with van der Waals surface area (Å²) in [5.74, 6) is 0.996. The molecule has 5 nitrogen and oxygen atoms in total. The van der Waals surface area contributed by atoms with Crippen LogP contribution in [0.15, 0.2) is 12.1 Å². The molecule has 2 aliphatic heterocycles. The number of amidine groups is 1. The molecule has 0 aliphatic carbocycles. The van der Waals surface area contributed by atoms with Crippen LogP contribution in [0.5, 0.6) is 0 Å². The van der Waals surface area contributed by atoms with Crippen LogP contribution in [0, 0.1) is 12.3 Å². The number of anilines is 1. The van der Waals surface area contributed by atoms with Crippen molar-refractivity contribution in [3.8, 4) is 0 Å². The Kier molecular flexibility index (Phi) is 3.14. The number of piperazine rings is 1. The molecule has 102 valence electrons. The third kappa shape index (κ3) is 2.30.